The van der Waals surface area contributed by atoms with E-state index in [2.05, 4.69) is 11.8 Å². The molecule has 2 N–H and O–H groups in total. The third-order valence-electron chi connectivity index (χ3n) is 5.87. The van der Waals surface area contributed by atoms with Crippen molar-refractivity contribution >= 4 is 0 Å². The third-order valence-corrected chi connectivity index (χ3v) is 5.87. The molecule has 0 spiro atoms. The first-order valence-electron chi connectivity index (χ1n) is 8.72. The van der Waals surface area contributed by atoms with Gasteiger partial charge in [-0.25, -0.2) is 0 Å². The average Bonchev–Trinajstić information content (AvgIpc) is 3.29. The quantitative estimate of drug-likeness (QED) is 0.763. The molecule has 2 nitrogen and oxygen atoms in total. The van der Waals surface area contributed by atoms with E-state index in [9.17, 15) is 0 Å². The molecule has 0 aromatic rings. The lowest BCUT2D eigenvalue weighted by molar-refractivity contribution is 0.0270. The molecule has 2 atom stereocenters. The van der Waals surface area contributed by atoms with Crippen molar-refractivity contribution in [3.8, 4) is 0 Å². The summed E-state index contributed by atoms with van der Waals surface area (Å²) in [5.41, 5.74) is 6.67. The zero-order chi connectivity index (χ0) is 13.3. The fourth-order valence-electron chi connectivity index (χ4n) is 4.36. The SMILES string of the molecule is CCCN(CC1CC1)C1(CN)CCCC(C2CC2)C1. The highest BCUT2D eigenvalue weighted by atomic mass is 15.2. The predicted molar refractivity (Wildman–Crippen MR) is 81.1 cm³/mol. The van der Waals surface area contributed by atoms with E-state index in [1.165, 1.54) is 70.9 Å². The van der Waals surface area contributed by atoms with Gasteiger partial charge in [0.15, 0.2) is 0 Å². The second kappa shape index (κ2) is 5.73. The van der Waals surface area contributed by atoms with Crippen LogP contribution in [0, 0.1) is 17.8 Å². The molecule has 19 heavy (non-hydrogen) atoms. The minimum absolute atomic E-state index is 0.365. The summed E-state index contributed by atoms with van der Waals surface area (Å²) in [6.07, 6.45) is 12.9. The molecular weight excluding hydrogens is 232 g/mol. The third kappa shape index (κ3) is 3.16. The van der Waals surface area contributed by atoms with E-state index in [1.54, 1.807) is 0 Å². The summed E-state index contributed by atoms with van der Waals surface area (Å²) in [6, 6.07) is 0. The summed E-state index contributed by atoms with van der Waals surface area (Å²) in [6.45, 7) is 5.82. The van der Waals surface area contributed by atoms with Gasteiger partial charge in [-0.3, -0.25) is 4.90 Å². The van der Waals surface area contributed by atoms with Crippen LogP contribution in [0.1, 0.15) is 64.7 Å². The van der Waals surface area contributed by atoms with Crippen LogP contribution in [0.15, 0.2) is 0 Å². The summed E-state index contributed by atoms with van der Waals surface area (Å²) >= 11 is 0. The summed E-state index contributed by atoms with van der Waals surface area (Å²) < 4.78 is 0. The van der Waals surface area contributed by atoms with Crippen molar-refractivity contribution in [2.24, 2.45) is 23.5 Å². The largest absolute Gasteiger partial charge is 0.329 e. The Balaban J connectivity index is 1.69. The molecule has 3 saturated carbocycles. The van der Waals surface area contributed by atoms with Crippen LogP contribution in [0.3, 0.4) is 0 Å². The maximum Gasteiger partial charge on any atom is 0.0334 e. The highest BCUT2D eigenvalue weighted by Gasteiger charge is 2.45. The fraction of sp³-hybridized carbons (Fsp3) is 1.00. The van der Waals surface area contributed by atoms with Gasteiger partial charge in [0.05, 0.1) is 0 Å². The Morgan fingerprint density at radius 3 is 2.47 bits per heavy atom. The molecule has 2 unspecified atom stereocenters. The number of rotatable bonds is 7. The minimum atomic E-state index is 0.365. The monoisotopic (exact) mass is 264 g/mol. The summed E-state index contributed by atoms with van der Waals surface area (Å²) in [4.78, 5) is 2.82. The summed E-state index contributed by atoms with van der Waals surface area (Å²) in [5.74, 6) is 3.06. The van der Waals surface area contributed by atoms with Gasteiger partial charge in [-0.05, 0) is 69.2 Å². The molecule has 0 aromatic carbocycles. The van der Waals surface area contributed by atoms with Crippen LogP contribution in [0.25, 0.3) is 0 Å². The molecule has 0 bridgehead atoms. The van der Waals surface area contributed by atoms with E-state index in [0.29, 0.717) is 5.54 Å². The topological polar surface area (TPSA) is 29.3 Å². The molecule has 3 fully saturated rings. The molecular formula is C17H32N2. The number of hydrogen-bond donors (Lipinski definition) is 1. The Labute approximate surface area is 119 Å². The average molecular weight is 264 g/mol. The van der Waals surface area contributed by atoms with Crippen molar-refractivity contribution in [3.63, 3.8) is 0 Å². The van der Waals surface area contributed by atoms with Crippen LogP contribution in [0.2, 0.25) is 0 Å². The fourth-order valence-corrected chi connectivity index (χ4v) is 4.36. The van der Waals surface area contributed by atoms with E-state index in [0.717, 1.165) is 24.3 Å². The molecule has 3 aliphatic rings. The Hall–Kier alpha value is -0.0800. The van der Waals surface area contributed by atoms with Gasteiger partial charge in [-0.15, -0.1) is 0 Å². The van der Waals surface area contributed by atoms with Gasteiger partial charge in [-0.1, -0.05) is 19.8 Å². The molecule has 0 aliphatic heterocycles. The van der Waals surface area contributed by atoms with Crippen molar-refractivity contribution in [1.82, 2.24) is 4.90 Å². The van der Waals surface area contributed by atoms with Gasteiger partial charge in [0.25, 0.3) is 0 Å². The van der Waals surface area contributed by atoms with E-state index in [4.69, 9.17) is 5.73 Å². The molecule has 0 amide bonds. The number of hydrogen-bond acceptors (Lipinski definition) is 2. The second-order valence-corrected chi connectivity index (χ2v) is 7.51. The van der Waals surface area contributed by atoms with Crippen LogP contribution >= 0.6 is 0 Å². The lowest BCUT2D eigenvalue weighted by Gasteiger charge is -2.49. The molecule has 0 saturated heterocycles. The zero-order valence-electron chi connectivity index (χ0n) is 12.7. The Morgan fingerprint density at radius 1 is 1.11 bits per heavy atom. The van der Waals surface area contributed by atoms with E-state index < -0.39 is 0 Å². The van der Waals surface area contributed by atoms with Crippen molar-refractivity contribution in [2.75, 3.05) is 19.6 Å². The van der Waals surface area contributed by atoms with Crippen LogP contribution in [-0.4, -0.2) is 30.1 Å². The Bertz CT molecular complexity index is 296. The van der Waals surface area contributed by atoms with Gasteiger partial charge in [0.1, 0.15) is 0 Å². The van der Waals surface area contributed by atoms with Crippen molar-refractivity contribution in [3.05, 3.63) is 0 Å². The van der Waals surface area contributed by atoms with E-state index in [-0.39, 0.29) is 0 Å². The molecule has 0 radical (unpaired) electrons. The van der Waals surface area contributed by atoms with Gasteiger partial charge in [-0.2, -0.15) is 0 Å². The lowest BCUT2D eigenvalue weighted by atomic mass is 9.72. The zero-order valence-corrected chi connectivity index (χ0v) is 12.7. The minimum Gasteiger partial charge on any atom is -0.329 e. The van der Waals surface area contributed by atoms with Crippen molar-refractivity contribution < 1.29 is 0 Å². The Morgan fingerprint density at radius 2 is 1.89 bits per heavy atom. The molecule has 110 valence electrons. The molecule has 0 aromatic heterocycles. The van der Waals surface area contributed by atoms with Gasteiger partial charge in [0, 0.05) is 18.6 Å². The molecule has 3 aliphatic carbocycles. The highest BCUT2D eigenvalue weighted by Crippen LogP contribution is 2.48. The maximum atomic E-state index is 6.31. The van der Waals surface area contributed by atoms with Crippen molar-refractivity contribution in [2.45, 2.75) is 70.3 Å². The predicted octanol–water partition coefficient (Wildman–Crippen LogP) is 3.41. The van der Waals surface area contributed by atoms with E-state index in [1.807, 2.05) is 0 Å². The number of nitrogens with two attached hydrogens (primary N) is 1. The molecule has 3 rings (SSSR count). The highest BCUT2D eigenvalue weighted by molar-refractivity contribution is 5.00. The maximum absolute atomic E-state index is 6.31. The van der Waals surface area contributed by atoms with E-state index >= 15 is 0 Å². The van der Waals surface area contributed by atoms with Gasteiger partial charge in [0.2, 0.25) is 0 Å². The molecule has 2 heteroatoms. The first kappa shape index (κ1) is 13.9. The summed E-state index contributed by atoms with van der Waals surface area (Å²) in [7, 11) is 0. The standard InChI is InChI=1S/C17H32N2/c1-2-10-19(12-14-5-6-14)17(13-18)9-3-4-16(11-17)15-7-8-15/h14-16H,2-13,18H2,1H3. The van der Waals surface area contributed by atoms with Crippen LogP contribution in [0.5, 0.6) is 0 Å². The molecule has 0 heterocycles. The van der Waals surface area contributed by atoms with Crippen LogP contribution < -0.4 is 5.73 Å². The lowest BCUT2D eigenvalue weighted by Crippen LogP contribution is -2.57. The first-order chi connectivity index (χ1) is 9.27. The first-order valence-corrected chi connectivity index (χ1v) is 8.72. The second-order valence-electron chi connectivity index (χ2n) is 7.51. The normalized spacial score (nSPS) is 35.8. The van der Waals surface area contributed by atoms with Crippen LogP contribution in [0.4, 0.5) is 0 Å². The Kier molecular flexibility index (Phi) is 4.19. The smallest absolute Gasteiger partial charge is 0.0334 e. The van der Waals surface area contributed by atoms with Gasteiger partial charge < -0.3 is 5.73 Å². The van der Waals surface area contributed by atoms with Crippen molar-refractivity contribution in [1.29, 1.82) is 0 Å². The van der Waals surface area contributed by atoms with Gasteiger partial charge >= 0.3 is 0 Å². The van der Waals surface area contributed by atoms with Crippen LogP contribution in [-0.2, 0) is 0 Å². The number of nitrogens with zero attached hydrogens (tertiary/aromatic N) is 1. The summed E-state index contributed by atoms with van der Waals surface area (Å²) in [5, 5.41) is 0.